The van der Waals surface area contributed by atoms with E-state index in [-0.39, 0.29) is 12.6 Å². The second-order valence-electron chi connectivity index (χ2n) is 4.88. The fourth-order valence-electron chi connectivity index (χ4n) is 2.07. The number of anilines is 1. The zero-order valence-corrected chi connectivity index (χ0v) is 16.1. The number of hydrogen-bond donors (Lipinski definition) is 1. The summed E-state index contributed by atoms with van der Waals surface area (Å²) in [7, 11) is 0. The van der Waals surface area contributed by atoms with Crippen LogP contribution < -0.4 is 20.2 Å². The quantitative estimate of drug-likeness (QED) is 0.559. The van der Waals surface area contributed by atoms with E-state index in [2.05, 4.69) is 51.8 Å². The largest absolute Gasteiger partial charge is 0.460 e. The third-order valence-corrected chi connectivity index (χ3v) is 4.11. The van der Waals surface area contributed by atoms with E-state index in [1.54, 1.807) is 12.4 Å². The van der Waals surface area contributed by atoms with Gasteiger partial charge in [-0.25, -0.2) is 15.0 Å². The van der Waals surface area contributed by atoms with Crippen LogP contribution in [0.4, 0.5) is 5.82 Å². The molecule has 0 aliphatic rings. The average molecular weight is 468 g/mol. The summed E-state index contributed by atoms with van der Waals surface area (Å²) >= 11 is 6.68. The van der Waals surface area contributed by atoms with Crippen molar-refractivity contribution in [1.29, 1.82) is 0 Å². The lowest BCUT2D eigenvalue weighted by molar-refractivity contribution is -0.398. The van der Waals surface area contributed by atoms with Crippen molar-refractivity contribution >= 4 is 37.7 Å². The van der Waals surface area contributed by atoms with E-state index in [0.717, 1.165) is 14.5 Å². The number of benzene rings is 1. The van der Waals surface area contributed by atoms with Crippen molar-refractivity contribution < 1.29 is 14.5 Å². The molecule has 9 heteroatoms. The van der Waals surface area contributed by atoms with Gasteiger partial charge in [-0.3, -0.25) is 0 Å². The van der Waals surface area contributed by atoms with Gasteiger partial charge in [0.15, 0.2) is 0 Å². The smallest absolute Gasteiger partial charge is 0.316 e. The van der Waals surface area contributed by atoms with E-state index in [1.807, 2.05) is 24.3 Å². The van der Waals surface area contributed by atoms with Crippen molar-refractivity contribution in [2.75, 3.05) is 18.9 Å². The lowest BCUT2D eigenvalue weighted by Crippen LogP contribution is -2.18. The molecule has 128 valence electrons. The lowest BCUT2D eigenvalue weighted by Gasteiger charge is -2.09. The van der Waals surface area contributed by atoms with Crippen LogP contribution in [0.1, 0.15) is 0 Å². The maximum Gasteiger partial charge on any atom is 0.316 e. The summed E-state index contributed by atoms with van der Waals surface area (Å²) in [5.74, 6) is 0.906. The second-order valence-corrected chi connectivity index (χ2v) is 6.71. The predicted molar refractivity (Wildman–Crippen MR) is 99.1 cm³/mol. The molecule has 7 nitrogen and oxygen atoms in total. The fourth-order valence-corrected chi connectivity index (χ4v) is 2.54. The second kappa shape index (κ2) is 8.21. The minimum atomic E-state index is 0.289. The van der Waals surface area contributed by atoms with Crippen LogP contribution in [0.3, 0.4) is 0 Å². The Morgan fingerprint density at radius 2 is 1.60 bits per heavy atom. The van der Waals surface area contributed by atoms with Gasteiger partial charge in [-0.15, -0.1) is 0 Å². The Labute approximate surface area is 160 Å². The highest BCUT2D eigenvalue weighted by Gasteiger charge is 2.18. The predicted octanol–water partition coefficient (Wildman–Crippen LogP) is 2.92. The Bertz CT molecular complexity index is 844. The van der Waals surface area contributed by atoms with Crippen LogP contribution >= 0.6 is 31.9 Å². The first-order valence-corrected chi connectivity index (χ1v) is 8.87. The molecule has 0 fully saturated rings. The Kier molecular flexibility index (Phi) is 5.77. The number of nitrogen functional groups attached to an aromatic ring is 1. The molecule has 3 rings (SSSR count). The number of aromatic nitrogens is 4. The van der Waals surface area contributed by atoms with Crippen molar-refractivity contribution in [3.05, 3.63) is 51.9 Å². The van der Waals surface area contributed by atoms with Crippen molar-refractivity contribution in [2.24, 2.45) is 0 Å². The molecule has 0 bridgehead atoms. The van der Waals surface area contributed by atoms with Crippen molar-refractivity contribution in [2.45, 2.75) is 0 Å². The average Bonchev–Trinajstić information content (AvgIpc) is 2.61. The minimum Gasteiger partial charge on any atom is -0.460 e. The van der Waals surface area contributed by atoms with Crippen LogP contribution in [0.5, 0.6) is 11.9 Å². The number of halogens is 2. The van der Waals surface area contributed by atoms with Crippen LogP contribution in [-0.2, 0) is 0 Å². The topological polar surface area (TPSA) is 97.3 Å². The Morgan fingerprint density at radius 1 is 0.920 bits per heavy atom. The number of hydrogen-bond acceptors (Lipinski definition) is 6. The van der Waals surface area contributed by atoms with E-state index in [9.17, 15) is 0 Å². The molecular formula is C16H14Br2N5O2+. The van der Waals surface area contributed by atoms with Crippen LogP contribution in [0.25, 0.3) is 11.1 Å². The Morgan fingerprint density at radius 3 is 2.32 bits per heavy atom. The highest BCUT2D eigenvalue weighted by atomic mass is 79.9. The fraction of sp³-hybridized carbons (Fsp3) is 0.125. The molecule has 0 aliphatic heterocycles. The summed E-state index contributed by atoms with van der Waals surface area (Å²) in [6.45, 7) is 0.584. The SMILES string of the molecule is Nc1nc[nH+]c(OCCOc2ncc(Br)cn2)c1-c1ccc(Br)cc1. The molecule has 3 aromatic rings. The molecule has 0 saturated heterocycles. The van der Waals surface area contributed by atoms with E-state index in [0.29, 0.717) is 23.9 Å². The van der Waals surface area contributed by atoms with Gasteiger partial charge in [-0.2, -0.15) is 0 Å². The molecule has 0 saturated carbocycles. The van der Waals surface area contributed by atoms with Crippen LogP contribution in [0.15, 0.2) is 51.9 Å². The van der Waals surface area contributed by atoms with E-state index < -0.39 is 0 Å². The Hall–Kier alpha value is -2.26. The third kappa shape index (κ3) is 4.64. The molecule has 3 N–H and O–H groups in total. The van der Waals surface area contributed by atoms with Crippen LogP contribution in [0.2, 0.25) is 0 Å². The van der Waals surface area contributed by atoms with E-state index in [1.165, 1.54) is 6.33 Å². The number of nitrogens with two attached hydrogens (primary N) is 1. The summed E-state index contributed by atoms with van der Waals surface area (Å²) in [6, 6.07) is 8.02. The number of nitrogens with zero attached hydrogens (tertiary/aromatic N) is 3. The van der Waals surface area contributed by atoms with Gasteiger partial charge in [-0.05, 0) is 38.6 Å². The molecule has 0 spiro atoms. The number of H-pyrrole nitrogens is 1. The number of rotatable bonds is 6. The molecule has 1 aromatic carbocycles. The molecule has 0 amide bonds. The molecular weight excluding hydrogens is 454 g/mol. The standard InChI is InChI=1S/C16H13Br2N5O2/c17-11-3-1-10(2-4-11)13-14(19)22-9-23-15(13)24-5-6-25-16-20-7-12(18)8-21-16/h1-4,7-9H,5-6H2,(H2,19,22,23)/p+1. The molecule has 2 heterocycles. The summed E-state index contributed by atoms with van der Waals surface area (Å²) in [5.41, 5.74) is 7.63. The molecule has 2 aromatic heterocycles. The first-order chi connectivity index (χ1) is 12.1. The normalized spacial score (nSPS) is 10.5. The van der Waals surface area contributed by atoms with Gasteiger partial charge in [-0.1, -0.05) is 28.1 Å². The van der Waals surface area contributed by atoms with Gasteiger partial charge in [0.1, 0.15) is 18.8 Å². The number of aromatic amines is 1. The zero-order chi connectivity index (χ0) is 17.6. The van der Waals surface area contributed by atoms with Crippen molar-refractivity contribution in [3.63, 3.8) is 0 Å². The van der Waals surface area contributed by atoms with Gasteiger partial charge >= 0.3 is 6.01 Å². The Balaban J connectivity index is 1.67. The van der Waals surface area contributed by atoms with Crippen molar-refractivity contribution in [3.8, 4) is 23.0 Å². The highest BCUT2D eigenvalue weighted by Crippen LogP contribution is 2.31. The third-order valence-electron chi connectivity index (χ3n) is 3.17. The molecule has 0 aliphatic carbocycles. The van der Waals surface area contributed by atoms with E-state index in [4.69, 9.17) is 15.2 Å². The van der Waals surface area contributed by atoms with Crippen LogP contribution in [-0.4, -0.2) is 28.2 Å². The highest BCUT2D eigenvalue weighted by molar-refractivity contribution is 9.10. The number of ether oxygens (including phenoxy) is 2. The molecule has 0 radical (unpaired) electrons. The van der Waals surface area contributed by atoms with Gasteiger partial charge in [0, 0.05) is 16.9 Å². The number of nitrogens with one attached hydrogen (secondary N) is 1. The van der Waals surface area contributed by atoms with Crippen LogP contribution in [0, 0.1) is 0 Å². The van der Waals surface area contributed by atoms with Gasteiger partial charge in [0.2, 0.25) is 0 Å². The summed E-state index contributed by atoms with van der Waals surface area (Å²) < 4.78 is 13.0. The van der Waals surface area contributed by atoms with Gasteiger partial charge in [0.05, 0.1) is 4.47 Å². The van der Waals surface area contributed by atoms with Crippen molar-refractivity contribution in [1.82, 2.24) is 15.0 Å². The first-order valence-electron chi connectivity index (χ1n) is 7.29. The van der Waals surface area contributed by atoms with Gasteiger partial charge < -0.3 is 15.2 Å². The molecule has 0 atom stereocenters. The zero-order valence-electron chi connectivity index (χ0n) is 12.9. The molecule has 0 unspecified atom stereocenters. The van der Waals surface area contributed by atoms with Gasteiger partial charge in [0.25, 0.3) is 18.0 Å². The molecule has 25 heavy (non-hydrogen) atoms. The maximum absolute atomic E-state index is 6.02. The first kappa shape index (κ1) is 17.6. The lowest BCUT2D eigenvalue weighted by atomic mass is 10.1. The minimum absolute atomic E-state index is 0.289. The summed E-state index contributed by atoms with van der Waals surface area (Å²) in [4.78, 5) is 15.1. The van der Waals surface area contributed by atoms with E-state index >= 15 is 0 Å². The summed E-state index contributed by atoms with van der Waals surface area (Å²) in [6.07, 6.45) is 4.73. The monoisotopic (exact) mass is 466 g/mol. The maximum atomic E-state index is 6.02. The summed E-state index contributed by atoms with van der Waals surface area (Å²) in [5, 5.41) is 0.